The maximum atomic E-state index is 5.72. The molecule has 1 saturated heterocycles. The lowest BCUT2D eigenvalue weighted by atomic mass is 9.97. The molecule has 0 radical (unpaired) electrons. The zero-order valence-corrected chi connectivity index (χ0v) is 12.4. The van der Waals surface area contributed by atoms with Crippen LogP contribution in [0, 0.1) is 0 Å². The molecule has 0 saturated carbocycles. The van der Waals surface area contributed by atoms with E-state index in [1.807, 2.05) is 0 Å². The molecule has 2 N–H and O–H groups in total. The van der Waals surface area contributed by atoms with Gasteiger partial charge in [-0.3, -0.25) is 4.90 Å². The van der Waals surface area contributed by atoms with E-state index in [2.05, 4.69) is 43.0 Å². The van der Waals surface area contributed by atoms with E-state index >= 15 is 0 Å². The van der Waals surface area contributed by atoms with Gasteiger partial charge in [0.25, 0.3) is 0 Å². The van der Waals surface area contributed by atoms with Gasteiger partial charge < -0.3 is 5.73 Å². The molecule has 1 fully saturated rings. The Hall–Kier alpha value is -0.860. The topological polar surface area (TPSA) is 29.3 Å². The monoisotopic (exact) mass is 260 g/mol. The SMILES string of the molecule is CCC1CCCCN1Cc1ccc(C(C)CN)cc1. The molecule has 1 aliphatic rings. The zero-order chi connectivity index (χ0) is 13.7. The lowest BCUT2D eigenvalue weighted by Crippen LogP contribution is -2.38. The standard InChI is InChI=1S/C17H28N2/c1-3-17-6-4-5-11-19(17)13-15-7-9-16(10-8-15)14(2)12-18/h7-10,14,17H,3-6,11-13,18H2,1-2H3. The number of piperidine rings is 1. The average Bonchev–Trinajstić information content (AvgIpc) is 2.48. The first-order valence-electron chi connectivity index (χ1n) is 7.77. The van der Waals surface area contributed by atoms with Crippen LogP contribution < -0.4 is 5.73 Å². The third-order valence-corrected chi connectivity index (χ3v) is 4.51. The normalized spacial score (nSPS) is 22.4. The van der Waals surface area contributed by atoms with Crippen molar-refractivity contribution in [3.05, 3.63) is 35.4 Å². The smallest absolute Gasteiger partial charge is 0.0236 e. The van der Waals surface area contributed by atoms with E-state index < -0.39 is 0 Å². The summed E-state index contributed by atoms with van der Waals surface area (Å²) in [6.45, 7) is 7.60. The van der Waals surface area contributed by atoms with Crippen LogP contribution in [-0.2, 0) is 6.54 Å². The molecule has 19 heavy (non-hydrogen) atoms. The van der Waals surface area contributed by atoms with Crippen molar-refractivity contribution in [3.63, 3.8) is 0 Å². The molecule has 1 aliphatic heterocycles. The van der Waals surface area contributed by atoms with Gasteiger partial charge in [-0.15, -0.1) is 0 Å². The lowest BCUT2D eigenvalue weighted by molar-refractivity contribution is 0.136. The van der Waals surface area contributed by atoms with Crippen molar-refractivity contribution in [2.24, 2.45) is 5.73 Å². The summed E-state index contributed by atoms with van der Waals surface area (Å²) in [6, 6.07) is 9.85. The summed E-state index contributed by atoms with van der Waals surface area (Å²) < 4.78 is 0. The van der Waals surface area contributed by atoms with Gasteiger partial charge >= 0.3 is 0 Å². The number of benzene rings is 1. The maximum absolute atomic E-state index is 5.72. The Labute approximate surface area is 118 Å². The third-order valence-electron chi connectivity index (χ3n) is 4.51. The highest BCUT2D eigenvalue weighted by atomic mass is 15.2. The molecule has 0 aromatic heterocycles. The first-order chi connectivity index (χ1) is 9.24. The van der Waals surface area contributed by atoms with Crippen molar-refractivity contribution in [3.8, 4) is 0 Å². The van der Waals surface area contributed by atoms with Crippen LogP contribution in [0.15, 0.2) is 24.3 Å². The van der Waals surface area contributed by atoms with Crippen molar-refractivity contribution in [1.29, 1.82) is 0 Å². The largest absolute Gasteiger partial charge is 0.330 e. The first kappa shape index (κ1) is 14.5. The molecular formula is C17H28N2. The highest BCUT2D eigenvalue weighted by Crippen LogP contribution is 2.22. The number of likely N-dealkylation sites (tertiary alicyclic amines) is 1. The van der Waals surface area contributed by atoms with E-state index in [9.17, 15) is 0 Å². The fourth-order valence-corrected chi connectivity index (χ4v) is 3.05. The summed E-state index contributed by atoms with van der Waals surface area (Å²) in [5.74, 6) is 0.465. The fraction of sp³-hybridized carbons (Fsp3) is 0.647. The summed E-state index contributed by atoms with van der Waals surface area (Å²) in [5.41, 5.74) is 8.52. The van der Waals surface area contributed by atoms with Crippen LogP contribution in [0.5, 0.6) is 0 Å². The molecule has 2 unspecified atom stereocenters. The highest BCUT2D eigenvalue weighted by molar-refractivity contribution is 5.25. The number of nitrogens with two attached hydrogens (primary N) is 1. The van der Waals surface area contributed by atoms with Gasteiger partial charge in [0.2, 0.25) is 0 Å². The lowest BCUT2D eigenvalue weighted by Gasteiger charge is -2.35. The Kier molecular flexibility index (Phi) is 5.41. The molecule has 2 heteroatoms. The van der Waals surface area contributed by atoms with Crippen molar-refractivity contribution >= 4 is 0 Å². The van der Waals surface area contributed by atoms with Gasteiger partial charge in [-0.25, -0.2) is 0 Å². The molecule has 0 bridgehead atoms. The number of rotatable bonds is 5. The van der Waals surface area contributed by atoms with Gasteiger partial charge in [0.1, 0.15) is 0 Å². The molecule has 0 amide bonds. The molecule has 2 rings (SSSR count). The van der Waals surface area contributed by atoms with Crippen molar-refractivity contribution in [2.75, 3.05) is 13.1 Å². The van der Waals surface area contributed by atoms with Crippen LogP contribution in [0.3, 0.4) is 0 Å². The predicted molar refractivity (Wildman–Crippen MR) is 82.3 cm³/mol. The van der Waals surface area contributed by atoms with Crippen LogP contribution in [-0.4, -0.2) is 24.0 Å². The van der Waals surface area contributed by atoms with Gasteiger partial charge in [0.05, 0.1) is 0 Å². The van der Waals surface area contributed by atoms with E-state index in [1.165, 1.54) is 43.4 Å². The van der Waals surface area contributed by atoms with E-state index in [4.69, 9.17) is 5.73 Å². The zero-order valence-electron chi connectivity index (χ0n) is 12.4. The molecule has 1 heterocycles. The maximum Gasteiger partial charge on any atom is 0.0236 e. The minimum absolute atomic E-state index is 0.465. The summed E-state index contributed by atoms with van der Waals surface area (Å²) >= 11 is 0. The Balaban J connectivity index is 1.98. The molecule has 2 atom stereocenters. The number of nitrogens with zero attached hydrogens (tertiary/aromatic N) is 1. The van der Waals surface area contributed by atoms with Gasteiger partial charge in [-0.1, -0.05) is 44.5 Å². The van der Waals surface area contributed by atoms with Gasteiger partial charge in [-0.2, -0.15) is 0 Å². The Morgan fingerprint density at radius 1 is 1.26 bits per heavy atom. The third kappa shape index (κ3) is 3.80. The van der Waals surface area contributed by atoms with Gasteiger partial charge in [0, 0.05) is 12.6 Å². The van der Waals surface area contributed by atoms with E-state index in [-0.39, 0.29) is 0 Å². The second-order valence-corrected chi connectivity index (χ2v) is 5.91. The Bertz CT molecular complexity index is 371. The molecule has 2 nitrogen and oxygen atoms in total. The molecule has 0 aliphatic carbocycles. The van der Waals surface area contributed by atoms with Crippen LogP contribution >= 0.6 is 0 Å². The first-order valence-corrected chi connectivity index (χ1v) is 7.77. The van der Waals surface area contributed by atoms with E-state index in [0.29, 0.717) is 5.92 Å². The van der Waals surface area contributed by atoms with E-state index in [0.717, 1.165) is 19.1 Å². The second-order valence-electron chi connectivity index (χ2n) is 5.91. The Morgan fingerprint density at radius 2 is 2.00 bits per heavy atom. The predicted octanol–water partition coefficient (Wildman–Crippen LogP) is 3.51. The van der Waals surface area contributed by atoms with E-state index in [1.54, 1.807) is 0 Å². The summed E-state index contributed by atoms with van der Waals surface area (Å²) in [7, 11) is 0. The number of hydrogen-bond donors (Lipinski definition) is 1. The van der Waals surface area contributed by atoms with Crippen LogP contribution in [0.25, 0.3) is 0 Å². The van der Waals surface area contributed by atoms with Crippen LogP contribution in [0.1, 0.15) is 56.6 Å². The van der Waals surface area contributed by atoms with Gasteiger partial charge in [-0.05, 0) is 49.4 Å². The molecular weight excluding hydrogens is 232 g/mol. The summed E-state index contributed by atoms with van der Waals surface area (Å²) in [5, 5.41) is 0. The second kappa shape index (κ2) is 7.06. The van der Waals surface area contributed by atoms with Crippen molar-refractivity contribution in [1.82, 2.24) is 4.90 Å². The summed E-state index contributed by atoms with van der Waals surface area (Å²) in [6.07, 6.45) is 5.42. The van der Waals surface area contributed by atoms with Crippen LogP contribution in [0.4, 0.5) is 0 Å². The Morgan fingerprint density at radius 3 is 2.63 bits per heavy atom. The van der Waals surface area contributed by atoms with Crippen LogP contribution in [0.2, 0.25) is 0 Å². The number of hydrogen-bond acceptors (Lipinski definition) is 2. The minimum atomic E-state index is 0.465. The quantitative estimate of drug-likeness (QED) is 0.878. The molecule has 106 valence electrons. The molecule has 1 aromatic carbocycles. The van der Waals surface area contributed by atoms with Gasteiger partial charge in [0.15, 0.2) is 0 Å². The highest BCUT2D eigenvalue weighted by Gasteiger charge is 2.20. The molecule has 0 spiro atoms. The minimum Gasteiger partial charge on any atom is -0.330 e. The molecule has 1 aromatic rings. The van der Waals surface area contributed by atoms with Crippen molar-refractivity contribution in [2.45, 2.75) is 58.0 Å². The summed E-state index contributed by atoms with van der Waals surface area (Å²) in [4.78, 5) is 2.66. The van der Waals surface area contributed by atoms with Crippen molar-refractivity contribution < 1.29 is 0 Å². The average molecular weight is 260 g/mol. The fourth-order valence-electron chi connectivity index (χ4n) is 3.05.